The molecule has 1 fully saturated rings. The Morgan fingerprint density at radius 2 is 2.25 bits per heavy atom. The molecule has 0 spiro atoms. The summed E-state index contributed by atoms with van der Waals surface area (Å²) in [5.41, 5.74) is 0. The summed E-state index contributed by atoms with van der Waals surface area (Å²) in [6.45, 7) is 11.6. The second-order valence-electron chi connectivity index (χ2n) is 5.72. The molecular weight excluding hydrogens is 248 g/mol. The molecule has 0 bridgehead atoms. The Bertz CT molecular complexity index is 404. The van der Waals surface area contributed by atoms with Crippen molar-refractivity contribution in [1.82, 2.24) is 14.9 Å². The highest BCUT2D eigenvalue weighted by Crippen LogP contribution is 2.22. The van der Waals surface area contributed by atoms with Gasteiger partial charge in [0, 0.05) is 44.1 Å². The predicted octanol–water partition coefficient (Wildman–Crippen LogP) is 2.73. The first kappa shape index (κ1) is 15.0. The number of hydrogen-bond acceptors (Lipinski definition) is 4. The molecule has 20 heavy (non-hydrogen) atoms. The average molecular weight is 274 g/mol. The summed E-state index contributed by atoms with van der Waals surface area (Å²) >= 11 is 0. The summed E-state index contributed by atoms with van der Waals surface area (Å²) in [7, 11) is 0. The lowest BCUT2D eigenvalue weighted by Gasteiger charge is -2.43. The summed E-state index contributed by atoms with van der Waals surface area (Å²) in [6, 6.07) is 1.14. The monoisotopic (exact) mass is 274 g/mol. The van der Waals surface area contributed by atoms with Crippen molar-refractivity contribution in [3.8, 4) is 0 Å². The summed E-state index contributed by atoms with van der Waals surface area (Å²) in [5.74, 6) is 1.01. The van der Waals surface area contributed by atoms with Crippen molar-refractivity contribution in [2.45, 2.75) is 45.2 Å². The number of allylic oxidation sites excluding steroid dienone is 1. The van der Waals surface area contributed by atoms with E-state index in [0.717, 1.165) is 31.9 Å². The number of aromatic nitrogens is 2. The lowest BCUT2D eigenvalue weighted by Crippen LogP contribution is -2.55. The lowest BCUT2D eigenvalue weighted by molar-refractivity contribution is 0.175. The van der Waals surface area contributed by atoms with E-state index in [4.69, 9.17) is 0 Å². The highest BCUT2D eigenvalue weighted by Gasteiger charge is 2.28. The van der Waals surface area contributed by atoms with E-state index in [2.05, 4.69) is 40.2 Å². The van der Waals surface area contributed by atoms with Crippen LogP contribution in [0.2, 0.25) is 0 Å². The van der Waals surface area contributed by atoms with Crippen molar-refractivity contribution in [2.24, 2.45) is 0 Å². The Balaban J connectivity index is 2.06. The first-order valence-corrected chi connectivity index (χ1v) is 7.60. The van der Waals surface area contributed by atoms with E-state index in [1.165, 1.54) is 12.8 Å². The van der Waals surface area contributed by atoms with Crippen LogP contribution in [0.15, 0.2) is 31.2 Å². The zero-order chi connectivity index (χ0) is 14.4. The van der Waals surface area contributed by atoms with Crippen LogP contribution in [-0.4, -0.2) is 46.6 Å². The Kier molecular flexibility index (Phi) is 5.53. The lowest BCUT2D eigenvalue weighted by atomic mass is 10.0. The zero-order valence-electron chi connectivity index (χ0n) is 12.7. The second-order valence-corrected chi connectivity index (χ2v) is 5.72. The van der Waals surface area contributed by atoms with Crippen LogP contribution in [0, 0.1) is 0 Å². The fourth-order valence-corrected chi connectivity index (χ4v) is 2.83. The van der Waals surface area contributed by atoms with Crippen LogP contribution in [0.3, 0.4) is 0 Å². The van der Waals surface area contributed by atoms with Gasteiger partial charge in [0.1, 0.15) is 5.82 Å². The van der Waals surface area contributed by atoms with Crippen LogP contribution in [0.1, 0.15) is 33.1 Å². The van der Waals surface area contributed by atoms with Gasteiger partial charge in [-0.3, -0.25) is 9.88 Å². The van der Waals surface area contributed by atoms with E-state index >= 15 is 0 Å². The summed E-state index contributed by atoms with van der Waals surface area (Å²) in [6.07, 6.45) is 10.9. The molecule has 1 aromatic heterocycles. The minimum Gasteiger partial charge on any atom is -0.350 e. The van der Waals surface area contributed by atoms with Crippen LogP contribution in [0.25, 0.3) is 0 Å². The van der Waals surface area contributed by atoms with Crippen LogP contribution >= 0.6 is 0 Å². The van der Waals surface area contributed by atoms with Gasteiger partial charge in [0.15, 0.2) is 0 Å². The highest BCUT2D eigenvalue weighted by molar-refractivity contribution is 5.37. The van der Waals surface area contributed by atoms with E-state index < -0.39 is 0 Å². The maximum atomic E-state index is 4.48. The molecule has 2 rings (SSSR count). The Hall–Kier alpha value is -1.42. The Morgan fingerprint density at radius 1 is 1.40 bits per heavy atom. The molecule has 110 valence electrons. The Labute approximate surface area is 122 Å². The molecule has 0 aromatic carbocycles. The molecule has 1 aromatic rings. The smallest absolute Gasteiger partial charge is 0.147 e. The normalized spacial score (nSPS) is 20.4. The van der Waals surface area contributed by atoms with Crippen LogP contribution < -0.4 is 4.90 Å². The van der Waals surface area contributed by atoms with Crippen LogP contribution in [-0.2, 0) is 0 Å². The number of nitrogens with zero attached hydrogens (tertiary/aromatic N) is 4. The first-order chi connectivity index (χ1) is 9.72. The topological polar surface area (TPSA) is 32.3 Å². The molecule has 0 amide bonds. The van der Waals surface area contributed by atoms with Crippen molar-refractivity contribution in [1.29, 1.82) is 0 Å². The van der Waals surface area contributed by atoms with Gasteiger partial charge in [0.05, 0.1) is 6.20 Å². The SMILES string of the molecule is C=CCCCC1CN(C(C)C)CCN1c1cnccn1. The molecule has 2 heterocycles. The molecule has 1 unspecified atom stereocenters. The van der Waals surface area contributed by atoms with Gasteiger partial charge >= 0.3 is 0 Å². The molecule has 1 atom stereocenters. The third-order valence-corrected chi connectivity index (χ3v) is 4.03. The van der Waals surface area contributed by atoms with E-state index in [0.29, 0.717) is 12.1 Å². The summed E-state index contributed by atoms with van der Waals surface area (Å²) < 4.78 is 0. The molecular formula is C16H26N4. The third-order valence-electron chi connectivity index (χ3n) is 4.03. The van der Waals surface area contributed by atoms with E-state index in [1.54, 1.807) is 12.4 Å². The molecule has 4 nitrogen and oxygen atoms in total. The molecule has 0 aliphatic carbocycles. The molecule has 1 aliphatic rings. The molecule has 1 saturated heterocycles. The first-order valence-electron chi connectivity index (χ1n) is 7.60. The van der Waals surface area contributed by atoms with Gasteiger partial charge in [-0.1, -0.05) is 6.08 Å². The van der Waals surface area contributed by atoms with Crippen molar-refractivity contribution < 1.29 is 0 Å². The quantitative estimate of drug-likeness (QED) is 0.590. The Morgan fingerprint density at radius 3 is 2.90 bits per heavy atom. The molecule has 0 N–H and O–H groups in total. The maximum absolute atomic E-state index is 4.48. The molecule has 0 radical (unpaired) electrons. The number of piperazine rings is 1. The third kappa shape index (κ3) is 3.79. The van der Waals surface area contributed by atoms with Gasteiger partial charge in [0.2, 0.25) is 0 Å². The van der Waals surface area contributed by atoms with E-state index in [9.17, 15) is 0 Å². The van der Waals surface area contributed by atoms with Crippen molar-refractivity contribution >= 4 is 5.82 Å². The molecule has 0 saturated carbocycles. The van der Waals surface area contributed by atoms with Crippen molar-refractivity contribution in [2.75, 3.05) is 24.5 Å². The van der Waals surface area contributed by atoms with Crippen LogP contribution in [0.5, 0.6) is 0 Å². The maximum Gasteiger partial charge on any atom is 0.147 e. The zero-order valence-corrected chi connectivity index (χ0v) is 12.7. The van der Waals surface area contributed by atoms with Crippen LogP contribution in [0.4, 0.5) is 5.82 Å². The number of rotatable bonds is 6. The minimum atomic E-state index is 0.530. The standard InChI is InChI=1S/C16H26N4/c1-4-5-6-7-15-13-19(14(2)3)10-11-20(15)16-12-17-8-9-18-16/h4,8-9,12,14-15H,1,5-7,10-11,13H2,2-3H3. The largest absolute Gasteiger partial charge is 0.350 e. The van der Waals surface area contributed by atoms with Gasteiger partial charge < -0.3 is 4.90 Å². The number of anilines is 1. The van der Waals surface area contributed by atoms with E-state index in [-0.39, 0.29) is 0 Å². The number of unbranched alkanes of at least 4 members (excludes halogenated alkanes) is 1. The van der Waals surface area contributed by atoms with E-state index in [1.807, 2.05) is 12.3 Å². The fraction of sp³-hybridized carbons (Fsp3) is 0.625. The van der Waals surface area contributed by atoms with Crippen molar-refractivity contribution in [3.05, 3.63) is 31.2 Å². The second kappa shape index (κ2) is 7.39. The van der Waals surface area contributed by atoms with Gasteiger partial charge in [-0.2, -0.15) is 0 Å². The minimum absolute atomic E-state index is 0.530. The van der Waals surface area contributed by atoms with Gasteiger partial charge in [-0.25, -0.2) is 4.98 Å². The van der Waals surface area contributed by atoms with Gasteiger partial charge in [0.25, 0.3) is 0 Å². The molecule has 4 heteroatoms. The fourth-order valence-electron chi connectivity index (χ4n) is 2.83. The summed E-state index contributed by atoms with van der Waals surface area (Å²) in [4.78, 5) is 13.7. The van der Waals surface area contributed by atoms with Crippen molar-refractivity contribution in [3.63, 3.8) is 0 Å². The van der Waals surface area contributed by atoms with Gasteiger partial charge in [-0.05, 0) is 33.1 Å². The summed E-state index contributed by atoms with van der Waals surface area (Å²) in [5, 5.41) is 0. The highest BCUT2D eigenvalue weighted by atomic mass is 15.3. The van der Waals surface area contributed by atoms with Gasteiger partial charge in [-0.15, -0.1) is 6.58 Å². The average Bonchev–Trinajstić information content (AvgIpc) is 2.48. The predicted molar refractivity (Wildman–Crippen MR) is 83.9 cm³/mol. The molecule has 1 aliphatic heterocycles. The number of hydrogen-bond donors (Lipinski definition) is 0.